The number of nitrogens with two attached hydrogens (primary N) is 1. The summed E-state index contributed by atoms with van der Waals surface area (Å²) in [4.78, 5) is 19.2. The summed E-state index contributed by atoms with van der Waals surface area (Å²) in [5.41, 5.74) is 2.57. The van der Waals surface area contributed by atoms with Gasteiger partial charge in [0.15, 0.2) is 5.82 Å². The first kappa shape index (κ1) is 12.3. The van der Waals surface area contributed by atoms with Gasteiger partial charge in [-0.1, -0.05) is 0 Å². The molecule has 0 aromatic carbocycles. The molecule has 0 bridgehead atoms. The fourth-order valence-electron chi connectivity index (χ4n) is 0.991. The van der Waals surface area contributed by atoms with Gasteiger partial charge in [0.25, 0.3) is 5.91 Å². The van der Waals surface area contributed by atoms with Crippen LogP contribution in [0.25, 0.3) is 0 Å². The Hall–Kier alpha value is -1.73. The van der Waals surface area contributed by atoms with E-state index in [9.17, 15) is 4.79 Å². The minimum absolute atomic E-state index is 0.246. The highest BCUT2D eigenvalue weighted by Crippen LogP contribution is 1.98. The molecule has 0 spiro atoms. The number of anilines is 1. The van der Waals surface area contributed by atoms with Crippen molar-refractivity contribution < 1.29 is 9.53 Å². The number of hydrazine groups is 1. The number of ether oxygens (including phenoxy) is 1. The highest BCUT2D eigenvalue weighted by atomic mass is 16.5. The monoisotopic (exact) mass is 225 g/mol. The lowest BCUT2D eigenvalue weighted by Crippen LogP contribution is -2.28. The second kappa shape index (κ2) is 6.70. The van der Waals surface area contributed by atoms with Gasteiger partial charge in [0.1, 0.15) is 5.69 Å². The van der Waals surface area contributed by atoms with Crippen LogP contribution < -0.4 is 16.6 Å². The Balaban J connectivity index is 2.40. The van der Waals surface area contributed by atoms with Gasteiger partial charge in [-0.05, 0) is 6.92 Å². The SMILES string of the molecule is CCOCCNC(=O)c1cnc(NN)cn1. The molecule has 1 rings (SSSR count). The van der Waals surface area contributed by atoms with Crippen LogP contribution in [0.15, 0.2) is 12.4 Å². The summed E-state index contributed by atoms with van der Waals surface area (Å²) in [6.07, 6.45) is 2.74. The molecule has 7 nitrogen and oxygen atoms in total. The topological polar surface area (TPSA) is 102 Å². The number of aromatic nitrogens is 2. The van der Waals surface area contributed by atoms with Crippen LogP contribution in [0, 0.1) is 0 Å². The van der Waals surface area contributed by atoms with Gasteiger partial charge in [0, 0.05) is 13.2 Å². The molecule has 0 atom stereocenters. The molecule has 0 aliphatic heterocycles. The molecule has 1 heterocycles. The summed E-state index contributed by atoms with van der Waals surface area (Å²) in [5.74, 6) is 5.25. The Bertz CT molecular complexity index is 327. The van der Waals surface area contributed by atoms with E-state index in [1.54, 1.807) is 0 Å². The average molecular weight is 225 g/mol. The smallest absolute Gasteiger partial charge is 0.271 e. The molecule has 0 saturated carbocycles. The van der Waals surface area contributed by atoms with E-state index in [0.717, 1.165) is 0 Å². The van der Waals surface area contributed by atoms with E-state index >= 15 is 0 Å². The van der Waals surface area contributed by atoms with Gasteiger partial charge in [-0.25, -0.2) is 15.8 Å². The van der Waals surface area contributed by atoms with Crippen molar-refractivity contribution in [3.8, 4) is 0 Å². The van der Waals surface area contributed by atoms with E-state index in [2.05, 4.69) is 20.7 Å². The summed E-state index contributed by atoms with van der Waals surface area (Å²) in [6, 6.07) is 0. The van der Waals surface area contributed by atoms with Crippen LogP contribution in [0.2, 0.25) is 0 Å². The first-order chi connectivity index (χ1) is 7.77. The molecule has 0 aliphatic rings. The number of rotatable bonds is 6. The van der Waals surface area contributed by atoms with Gasteiger partial charge in [0.05, 0.1) is 19.0 Å². The Morgan fingerprint density at radius 3 is 2.88 bits per heavy atom. The maximum absolute atomic E-state index is 11.5. The van der Waals surface area contributed by atoms with Crippen LogP contribution in [-0.2, 0) is 4.74 Å². The molecule has 4 N–H and O–H groups in total. The van der Waals surface area contributed by atoms with Crippen molar-refractivity contribution in [3.63, 3.8) is 0 Å². The van der Waals surface area contributed by atoms with Gasteiger partial charge in [-0.15, -0.1) is 0 Å². The number of carbonyl (C=O) groups is 1. The molecule has 0 radical (unpaired) electrons. The normalized spacial score (nSPS) is 9.88. The van der Waals surface area contributed by atoms with Crippen molar-refractivity contribution in [2.75, 3.05) is 25.2 Å². The van der Waals surface area contributed by atoms with E-state index in [1.807, 2.05) is 6.92 Å². The van der Waals surface area contributed by atoms with Crippen molar-refractivity contribution in [1.82, 2.24) is 15.3 Å². The first-order valence-electron chi connectivity index (χ1n) is 4.92. The number of nitrogens with one attached hydrogen (secondary N) is 2. The predicted octanol–water partition coefficient (Wildman–Crippen LogP) is -0.471. The number of amides is 1. The molecule has 0 saturated heterocycles. The van der Waals surface area contributed by atoms with Crippen molar-refractivity contribution in [1.29, 1.82) is 0 Å². The van der Waals surface area contributed by atoms with Crippen LogP contribution in [0.5, 0.6) is 0 Å². The van der Waals surface area contributed by atoms with Crippen LogP contribution in [0.1, 0.15) is 17.4 Å². The number of hydrogen-bond acceptors (Lipinski definition) is 6. The van der Waals surface area contributed by atoms with Crippen LogP contribution in [0.3, 0.4) is 0 Å². The molecule has 0 unspecified atom stereocenters. The second-order valence-corrected chi connectivity index (χ2v) is 2.88. The Labute approximate surface area is 93.4 Å². The van der Waals surface area contributed by atoms with Crippen molar-refractivity contribution in [2.24, 2.45) is 5.84 Å². The Kier molecular flexibility index (Phi) is 5.17. The lowest BCUT2D eigenvalue weighted by molar-refractivity contribution is 0.0917. The summed E-state index contributed by atoms with van der Waals surface area (Å²) < 4.78 is 5.08. The van der Waals surface area contributed by atoms with Gasteiger partial charge in [-0.3, -0.25) is 4.79 Å². The van der Waals surface area contributed by atoms with E-state index in [0.29, 0.717) is 25.6 Å². The Morgan fingerprint density at radius 1 is 1.50 bits per heavy atom. The van der Waals surface area contributed by atoms with Crippen molar-refractivity contribution in [3.05, 3.63) is 18.1 Å². The Morgan fingerprint density at radius 2 is 2.31 bits per heavy atom. The van der Waals surface area contributed by atoms with Gasteiger partial charge >= 0.3 is 0 Å². The molecule has 1 aromatic heterocycles. The molecule has 0 aliphatic carbocycles. The molecule has 7 heteroatoms. The summed E-state index contributed by atoms with van der Waals surface area (Å²) in [5, 5.41) is 2.65. The first-order valence-corrected chi connectivity index (χ1v) is 4.92. The third kappa shape index (κ3) is 3.79. The molecule has 1 amide bonds. The molecule has 16 heavy (non-hydrogen) atoms. The van der Waals surface area contributed by atoms with E-state index < -0.39 is 0 Å². The number of hydrogen-bond donors (Lipinski definition) is 3. The van der Waals surface area contributed by atoms with E-state index in [1.165, 1.54) is 12.4 Å². The minimum atomic E-state index is -0.282. The van der Waals surface area contributed by atoms with Crippen LogP contribution in [0.4, 0.5) is 5.82 Å². The molecule has 88 valence electrons. The molecular weight excluding hydrogens is 210 g/mol. The zero-order valence-electron chi connectivity index (χ0n) is 9.06. The van der Waals surface area contributed by atoms with Crippen molar-refractivity contribution in [2.45, 2.75) is 6.92 Å². The highest BCUT2D eigenvalue weighted by molar-refractivity contribution is 5.91. The lowest BCUT2D eigenvalue weighted by Gasteiger charge is -2.04. The van der Waals surface area contributed by atoms with Gasteiger partial charge in [0.2, 0.25) is 0 Å². The second-order valence-electron chi connectivity index (χ2n) is 2.88. The number of nitrogens with zero attached hydrogens (tertiary/aromatic N) is 2. The molecule has 0 fully saturated rings. The van der Waals surface area contributed by atoms with E-state index in [-0.39, 0.29) is 11.6 Å². The third-order valence-corrected chi connectivity index (χ3v) is 1.77. The highest BCUT2D eigenvalue weighted by Gasteiger charge is 2.06. The maximum atomic E-state index is 11.5. The van der Waals surface area contributed by atoms with E-state index in [4.69, 9.17) is 10.6 Å². The third-order valence-electron chi connectivity index (χ3n) is 1.77. The molecule has 1 aromatic rings. The minimum Gasteiger partial charge on any atom is -0.380 e. The fraction of sp³-hybridized carbons (Fsp3) is 0.444. The van der Waals surface area contributed by atoms with Crippen LogP contribution in [-0.4, -0.2) is 35.6 Å². The maximum Gasteiger partial charge on any atom is 0.271 e. The zero-order valence-corrected chi connectivity index (χ0v) is 9.06. The summed E-state index contributed by atoms with van der Waals surface area (Å²) >= 11 is 0. The zero-order chi connectivity index (χ0) is 11.8. The standard InChI is InChI=1S/C9H15N5O2/c1-2-16-4-3-11-9(15)7-5-13-8(14-10)6-12-7/h5-6H,2-4,10H2,1H3,(H,11,15)(H,13,14). The molecular formula is C9H15N5O2. The quantitative estimate of drug-likeness (QED) is 0.343. The average Bonchev–Trinajstić information content (AvgIpc) is 2.34. The summed E-state index contributed by atoms with van der Waals surface area (Å²) in [6.45, 7) is 3.46. The summed E-state index contributed by atoms with van der Waals surface area (Å²) in [7, 11) is 0. The largest absolute Gasteiger partial charge is 0.380 e. The van der Waals surface area contributed by atoms with Gasteiger partial charge in [-0.2, -0.15) is 0 Å². The van der Waals surface area contributed by atoms with Crippen LogP contribution >= 0.6 is 0 Å². The van der Waals surface area contributed by atoms with Gasteiger partial charge < -0.3 is 15.5 Å². The fourth-order valence-corrected chi connectivity index (χ4v) is 0.991. The van der Waals surface area contributed by atoms with Crippen molar-refractivity contribution >= 4 is 11.7 Å². The predicted molar refractivity (Wildman–Crippen MR) is 58.7 cm³/mol. The number of nitrogen functional groups attached to an aromatic ring is 1. The lowest BCUT2D eigenvalue weighted by atomic mass is 10.4. The number of carbonyl (C=O) groups excluding carboxylic acids is 1.